The van der Waals surface area contributed by atoms with Crippen molar-refractivity contribution in [3.63, 3.8) is 0 Å². The molecule has 0 unspecified atom stereocenters. The summed E-state index contributed by atoms with van der Waals surface area (Å²) in [5, 5.41) is 13.8. The molecule has 0 aliphatic carbocycles. The highest BCUT2D eigenvalue weighted by atomic mass is 19.3. The zero-order valence-electron chi connectivity index (χ0n) is 18.8. The predicted octanol–water partition coefficient (Wildman–Crippen LogP) is 3.49. The Labute approximate surface area is 195 Å². The first-order chi connectivity index (χ1) is 16.3. The van der Waals surface area contributed by atoms with Gasteiger partial charge in [-0.05, 0) is 30.7 Å². The summed E-state index contributed by atoms with van der Waals surface area (Å²) in [5.41, 5.74) is 2.06. The van der Waals surface area contributed by atoms with E-state index in [1.807, 2.05) is 6.92 Å². The molecule has 34 heavy (non-hydrogen) atoms. The Morgan fingerprint density at radius 2 is 1.91 bits per heavy atom. The van der Waals surface area contributed by atoms with Crippen molar-refractivity contribution < 1.29 is 37.5 Å². The van der Waals surface area contributed by atoms with Gasteiger partial charge < -0.3 is 19.8 Å². The normalized spacial score (nSPS) is 11.7. The number of furan rings is 1. The number of alkyl halides is 2. The lowest BCUT2D eigenvalue weighted by molar-refractivity contribution is -0.135. The summed E-state index contributed by atoms with van der Waals surface area (Å²) in [6.07, 6.45) is 0.326. The number of unbranched alkanes of at least 4 members (excludes halogenated alkanes) is 2. The van der Waals surface area contributed by atoms with Crippen LogP contribution in [0.15, 0.2) is 40.8 Å². The fourth-order valence-electron chi connectivity index (χ4n) is 3.19. The minimum atomic E-state index is -2.60. The van der Waals surface area contributed by atoms with Gasteiger partial charge in [0, 0.05) is 17.9 Å². The van der Waals surface area contributed by atoms with Crippen LogP contribution in [0.25, 0.3) is 11.3 Å². The zero-order valence-corrected chi connectivity index (χ0v) is 18.8. The molecule has 0 saturated carbocycles. The van der Waals surface area contributed by atoms with Crippen LogP contribution in [0.2, 0.25) is 0 Å². The molecule has 11 heteroatoms. The quantitative estimate of drug-likeness (QED) is 0.141. The number of carbonyl (C=O) groups is 3. The first-order valence-electron chi connectivity index (χ1n) is 10.9. The zero-order chi connectivity index (χ0) is 24.9. The van der Waals surface area contributed by atoms with Crippen molar-refractivity contribution in [2.24, 2.45) is 5.92 Å². The van der Waals surface area contributed by atoms with E-state index in [-0.39, 0.29) is 24.6 Å². The van der Waals surface area contributed by atoms with E-state index in [0.29, 0.717) is 17.7 Å². The Bertz CT molecular complexity index is 950. The number of ether oxygens (including phenoxy) is 1. The van der Waals surface area contributed by atoms with Crippen LogP contribution in [-0.4, -0.2) is 42.6 Å². The average Bonchev–Trinajstić information content (AvgIpc) is 3.32. The highest BCUT2D eigenvalue weighted by molar-refractivity contribution is 5.92. The summed E-state index contributed by atoms with van der Waals surface area (Å²) >= 11 is 0. The van der Waals surface area contributed by atoms with Gasteiger partial charge in [-0.1, -0.05) is 38.3 Å². The van der Waals surface area contributed by atoms with E-state index < -0.39 is 36.7 Å². The van der Waals surface area contributed by atoms with Gasteiger partial charge in [-0.2, -0.15) is 0 Å². The molecule has 0 aliphatic heterocycles. The molecule has 1 heterocycles. The van der Waals surface area contributed by atoms with Gasteiger partial charge in [-0.25, -0.2) is 14.3 Å². The molecular weight excluding hydrogens is 452 g/mol. The maximum atomic E-state index is 12.4. The van der Waals surface area contributed by atoms with Crippen molar-refractivity contribution >= 4 is 17.7 Å². The summed E-state index contributed by atoms with van der Waals surface area (Å²) in [6.45, 7) is 1.10. The topological polar surface area (TPSA) is 130 Å². The molecule has 2 rings (SSSR count). The number of nitrogens with one attached hydrogen (secondary N) is 3. The Morgan fingerprint density at radius 3 is 2.62 bits per heavy atom. The van der Waals surface area contributed by atoms with Gasteiger partial charge in [-0.15, -0.1) is 0 Å². The fraction of sp³-hybridized carbons (Fsp3) is 0.435. The minimum absolute atomic E-state index is 0.0118. The second-order valence-corrected chi connectivity index (χ2v) is 7.55. The van der Waals surface area contributed by atoms with Crippen LogP contribution >= 0.6 is 0 Å². The third kappa shape index (κ3) is 8.81. The molecule has 0 radical (unpaired) electrons. The van der Waals surface area contributed by atoms with Gasteiger partial charge in [0.2, 0.25) is 11.8 Å². The number of amides is 3. The Morgan fingerprint density at radius 1 is 1.12 bits per heavy atom. The molecule has 9 nitrogen and oxygen atoms in total. The molecule has 0 saturated heterocycles. The van der Waals surface area contributed by atoms with Gasteiger partial charge in [0.15, 0.2) is 5.76 Å². The van der Waals surface area contributed by atoms with Crippen molar-refractivity contribution in [2.45, 2.75) is 45.5 Å². The van der Waals surface area contributed by atoms with Gasteiger partial charge in [0.1, 0.15) is 18.1 Å². The van der Waals surface area contributed by atoms with Gasteiger partial charge >= 0.3 is 0 Å². The van der Waals surface area contributed by atoms with Crippen LogP contribution in [0.3, 0.4) is 0 Å². The maximum absolute atomic E-state index is 12.4. The van der Waals surface area contributed by atoms with E-state index in [2.05, 4.69) is 10.6 Å². The van der Waals surface area contributed by atoms with Crippen molar-refractivity contribution in [3.05, 3.63) is 42.2 Å². The maximum Gasteiger partial charge on any atom is 0.288 e. The highest BCUT2D eigenvalue weighted by Gasteiger charge is 2.21. The van der Waals surface area contributed by atoms with Crippen LogP contribution in [0.4, 0.5) is 8.78 Å². The van der Waals surface area contributed by atoms with Crippen LogP contribution in [0, 0.1) is 5.92 Å². The average molecular weight is 481 g/mol. The number of hydrogen-bond acceptors (Lipinski definition) is 6. The molecule has 2 aromatic rings. The third-order valence-electron chi connectivity index (χ3n) is 4.92. The SMILES string of the molecule is CCCCC[C@H](CC(=O)NO)C(=O)NCNC(=O)c1ccc(-c2cccc(OCC(F)F)c2)o1. The Kier molecular flexibility index (Phi) is 11.0. The molecule has 0 spiro atoms. The van der Waals surface area contributed by atoms with E-state index in [1.165, 1.54) is 23.7 Å². The number of halogens is 2. The van der Waals surface area contributed by atoms with Crippen LogP contribution in [0.5, 0.6) is 5.75 Å². The monoisotopic (exact) mass is 481 g/mol. The second-order valence-electron chi connectivity index (χ2n) is 7.55. The van der Waals surface area contributed by atoms with E-state index in [9.17, 15) is 23.2 Å². The molecule has 1 aromatic carbocycles. The van der Waals surface area contributed by atoms with Gasteiger partial charge in [0.05, 0.1) is 6.67 Å². The second kappa shape index (κ2) is 13.9. The van der Waals surface area contributed by atoms with Gasteiger partial charge in [0.25, 0.3) is 12.3 Å². The van der Waals surface area contributed by atoms with Gasteiger partial charge in [-0.3, -0.25) is 19.6 Å². The Balaban J connectivity index is 1.90. The van der Waals surface area contributed by atoms with Crippen LogP contribution in [0.1, 0.15) is 49.6 Å². The largest absolute Gasteiger partial charge is 0.488 e. The van der Waals surface area contributed by atoms with Crippen molar-refractivity contribution in [3.8, 4) is 17.1 Å². The lowest BCUT2D eigenvalue weighted by Gasteiger charge is -2.16. The molecule has 0 aliphatic rings. The minimum Gasteiger partial charge on any atom is -0.488 e. The van der Waals surface area contributed by atoms with E-state index in [4.69, 9.17) is 14.4 Å². The first kappa shape index (κ1) is 26.8. The molecule has 1 aromatic heterocycles. The molecule has 4 N–H and O–H groups in total. The lowest BCUT2D eigenvalue weighted by atomic mass is 9.96. The first-order valence-corrected chi connectivity index (χ1v) is 10.9. The number of benzene rings is 1. The number of hydrogen-bond donors (Lipinski definition) is 4. The molecule has 3 amide bonds. The predicted molar refractivity (Wildman–Crippen MR) is 118 cm³/mol. The number of carbonyl (C=O) groups excluding carboxylic acids is 3. The van der Waals surface area contributed by atoms with E-state index >= 15 is 0 Å². The molecule has 0 fully saturated rings. The fourth-order valence-corrected chi connectivity index (χ4v) is 3.19. The summed E-state index contributed by atoms with van der Waals surface area (Å²) in [7, 11) is 0. The highest BCUT2D eigenvalue weighted by Crippen LogP contribution is 2.26. The lowest BCUT2D eigenvalue weighted by Crippen LogP contribution is -2.41. The summed E-state index contributed by atoms with van der Waals surface area (Å²) in [5.74, 6) is -1.72. The van der Waals surface area contributed by atoms with Crippen LogP contribution < -0.4 is 20.9 Å². The molecule has 186 valence electrons. The Hall–Kier alpha value is -3.47. The summed E-state index contributed by atoms with van der Waals surface area (Å²) in [6, 6.07) is 9.34. The third-order valence-corrected chi connectivity index (χ3v) is 4.92. The molecular formula is C23H29F2N3O6. The standard InChI is InChI=1S/C23H29F2N3O6/c1-2-3-4-6-16(12-21(29)28-32)22(30)26-14-27-23(31)19-10-9-18(34-19)15-7-5-8-17(11-15)33-13-20(24)25/h5,7-11,16,20,32H,2-4,6,12-14H2,1H3,(H,26,30)(H,27,31)(H,28,29)/t16-/m1/s1. The van der Waals surface area contributed by atoms with E-state index in [1.54, 1.807) is 18.2 Å². The summed E-state index contributed by atoms with van der Waals surface area (Å²) < 4.78 is 35.2. The molecule has 1 atom stereocenters. The van der Waals surface area contributed by atoms with Crippen LogP contribution in [-0.2, 0) is 9.59 Å². The number of hydroxylamine groups is 1. The molecule has 0 bridgehead atoms. The smallest absolute Gasteiger partial charge is 0.288 e. The summed E-state index contributed by atoms with van der Waals surface area (Å²) in [4.78, 5) is 36.2. The van der Waals surface area contributed by atoms with Crippen molar-refractivity contribution in [1.82, 2.24) is 16.1 Å². The van der Waals surface area contributed by atoms with Crippen molar-refractivity contribution in [2.75, 3.05) is 13.3 Å². The van der Waals surface area contributed by atoms with Crippen molar-refractivity contribution in [1.29, 1.82) is 0 Å². The van der Waals surface area contributed by atoms with E-state index in [0.717, 1.165) is 19.3 Å². The number of rotatable bonds is 14.